The van der Waals surface area contributed by atoms with Crippen LogP contribution in [0.5, 0.6) is 0 Å². The minimum absolute atomic E-state index is 0.278. The summed E-state index contributed by atoms with van der Waals surface area (Å²) >= 11 is 0. The molecule has 0 amide bonds. The van der Waals surface area contributed by atoms with Gasteiger partial charge in [-0.25, -0.2) is 13.4 Å². The largest absolute Gasteiger partial charge is 0.340 e. The van der Waals surface area contributed by atoms with Crippen molar-refractivity contribution in [1.29, 1.82) is 0 Å². The third-order valence-electron chi connectivity index (χ3n) is 4.14. The molecule has 0 bridgehead atoms. The van der Waals surface area contributed by atoms with Crippen LogP contribution in [0.3, 0.4) is 0 Å². The Morgan fingerprint density at radius 1 is 0.778 bits per heavy atom. The topological polar surface area (TPSA) is 71.1 Å². The molecule has 27 heavy (non-hydrogen) atoms. The molecule has 0 spiro atoms. The molecule has 0 radical (unpaired) electrons. The smallest absolute Gasteiger partial charge is 0.262 e. The van der Waals surface area contributed by atoms with Gasteiger partial charge >= 0.3 is 0 Å². The third kappa shape index (κ3) is 4.65. The second-order valence-electron chi connectivity index (χ2n) is 6.81. The normalized spacial score (nSPS) is 11.3. The Hall–Kier alpha value is -2.86. The highest BCUT2D eigenvalue weighted by Gasteiger charge is 2.17. The van der Waals surface area contributed by atoms with Gasteiger partial charge in [-0.2, -0.15) is 0 Å². The van der Waals surface area contributed by atoms with Crippen LogP contribution in [-0.2, 0) is 10.0 Å². The van der Waals surface area contributed by atoms with E-state index in [9.17, 15) is 8.42 Å². The molecule has 5 nitrogen and oxygen atoms in total. The predicted octanol–water partition coefficient (Wildman–Crippen LogP) is 4.86. The quantitative estimate of drug-likeness (QED) is 0.662. The molecule has 6 heteroatoms. The summed E-state index contributed by atoms with van der Waals surface area (Å²) < 4.78 is 27.9. The number of sulfonamides is 1. The number of nitrogens with zero attached hydrogens (tertiary/aromatic N) is 1. The molecule has 0 saturated carbocycles. The maximum atomic E-state index is 12.7. The Labute approximate surface area is 160 Å². The summed E-state index contributed by atoms with van der Waals surface area (Å²) in [4.78, 5) is 4.59. The molecule has 1 aromatic heterocycles. The van der Waals surface area contributed by atoms with Crippen LogP contribution in [-0.4, -0.2) is 13.4 Å². The minimum atomic E-state index is -3.66. The Bertz CT molecular complexity index is 1050. The standard InChI is InChI=1S/C21H23N3O2S/c1-14-5-6-17(4)20(12-14)27(25,26)24-18-7-8-21(22-13-18)23-19-10-15(2)9-16(3)11-19/h5-13,24H,1-4H3,(H,22,23). The molecule has 3 rings (SSSR count). The van der Waals surface area contributed by atoms with Gasteiger partial charge in [0.25, 0.3) is 10.0 Å². The van der Waals surface area contributed by atoms with Gasteiger partial charge in [-0.1, -0.05) is 18.2 Å². The van der Waals surface area contributed by atoms with Gasteiger partial charge in [0.1, 0.15) is 5.82 Å². The molecule has 0 aliphatic carbocycles. The van der Waals surface area contributed by atoms with Gasteiger partial charge in [0.15, 0.2) is 0 Å². The van der Waals surface area contributed by atoms with E-state index >= 15 is 0 Å². The van der Waals surface area contributed by atoms with E-state index in [1.54, 1.807) is 31.2 Å². The number of aromatic nitrogens is 1. The van der Waals surface area contributed by atoms with Crippen LogP contribution in [0.4, 0.5) is 17.2 Å². The summed E-state index contributed by atoms with van der Waals surface area (Å²) in [5.41, 5.74) is 5.29. The van der Waals surface area contributed by atoms with E-state index in [1.807, 2.05) is 39.0 Å². The fraction of sp³-hybridized carbons (Fsp3) is 0.190. The van der Waals surface area contributed by atoms with Gasteiger partial charge in [-0.05, 0) is 80.3 Å². The molecule has 140 valence electrons. The number of nitrogens with one attached hydrogen (secondary N) is 2. The minimum Gasteiger partial charge on any atom is -0.340 e. The Balaban J connectivity index is 1.78. The third-order valence-corrected chi connectivity index (χ3v) is 5.67. The molecule has 0 unspecified atom stereocenters. The Kier molecular flexibility index (Phi) is 5.19. The molecule has 0 aliphatic rings. The molecule has 0 fully saturated rings. The van der Waals surface area contributed by atoms with Crippen LogP contribution >= 0.6 is 0 Å². The monoisotopic (exact) mass is 381 g/mol. The Morgan fingerprint density at radius 2 is 1.48 bits per heavy atom. The zero-order valence-corrected chi connectivity index (χ0v) is 16.7. The summed E-state index contributed by atoms with van der Waals surface area (Å²) in [6.07, 6.45) is 1.51. The highest BCUT2D eigenvalue weighted by molar-refractivity contribution is 7.92. The van der Waals surface area contributed by atoms with Crippen molar-refractivity contribution in [2.45, 2.75) is 32.6 Å². The van der Waals surface area contributed by atoms with Crippen LogP contribution < -0.4 is 10.0 Å². The second-order valence-corrected chi connectivity index (χ2v) is 8.46. The van der Waals surface area contributed by atoms with E-state index in [4.69, 9.17) is 0 Å². The fourth-order valence-electron chi connectivity index (χ4n) is 2.93. The molecule has 0 aliphatic heterocycles. The van der Waals surface area contributed by atoms with Crippen molar-refractivity contribution in [1.82, 2.24) is 4.98 Å². The first-order valence-electron chi connectivity index (χ1n) is 8.64. The van der Waals surface area contributed by atoms with Crippen LogP contribution in [0.15, 0.2) is 59.6 Å². The average molecular weight is 382 g/mol. The number of pyridine rings is 1. The van der Waals surface area contributed by atoms with E-state index in [1.165, 1.54) is 6.20 Å². The van der Waals surface area contributed by atoms with Crippen molar-refractivity contribution in [3.05, 3.63) is 77.0 Å². The van der Waals surface area contributed by atoms with E-state index in [-0.39, 0.29) is 4.90 Å². The number of anilines is 3. The molecule has 0 saturated heterocycles. The number of hydrogen-bond acceptors (Lipinski definition) is 4. The van der Waals surface area contributed by atoms with Gasteiger partial charge in [0.05, 0.1) is 16.8 Å². The number of rotatable bonds is 5. The molecule has 2 N–H and O–H groups in total. The molecule has 0 atom stereocenters. The van der Waals surface area contributed by atoms with Gasteiger partial charge in [0, 0.05) is 5.69 Å². The van der Waals surface area contributed by atoms with Crippen molar-refractivity contribution in [3.8, 4) is 0 Å². The lowest BCUT2D eigenvalue weighted by molar-refractivity contribution is 0.600. The van der Waals surface area contributed by atoms with E-state index in [0.717, 1.165) is 22.4 Å². The maximum absolute atomic E-state index is 12.7. The zero-order chi connectivity index (χ0) is 19.6. The SMILES string of the molecule is Cc1cc(C)cc(Nc2ccc(NS(=O)(=O)c3cc(C)ccc3C)cn2)c1. The molecule has 3 aromatic rings. The molecule has 2 aromatic carbocycles. The summed E-state index contributed by atoms with van der Waals surface area (Å²) in [6, 6.07) is 15.0. The Morgan fingerprint density at radius 3 is 2.11 bits per heavy atom. The maximum Gasteiger partial charge on any atom is 0.262 e. The lowest BCUT2D eigenvalue weighted by atomic mass is 10.1. The number of aryl methyl sites for hydroxylation is 4. The zero-order valence-electron chi connectivity index (χ0n) is 15.9. The van der Waals surface area contributed by atoms with E-state index in [2.05, 4.69) is 21.1 Å². The molecule has 1 heterocycles. The predicted molar refractivity (Wildman–Crippen MR) is 110 cm³/mol. The summed E-state index contributed by atoms with van der Waals surface area (Å²) in [5, 5.41) is 3.24. The summed E-state index contributed by atoms with van der Waals surface area (Å²) in [6.45, 7) is 7.73. The van der Waals surface area contributed by atoms with Crippen molar-refractivity contribution < 1.29 is 8.42 Å². The first-order chi connectivity index (χ1) is 12.7. The van der Waals surface area contributed by atoms with Gasteiger partial charge < -0.3 is 5.32 Å². The van der Waals surface area contributed by atoms with Crippen molar-refractivity contribution in [3.63, 3.8) is 0 Å². The van der Waals surface area contributed by atoms with Gasteiger partial charge in [-0.15, -0.1) is 0 Å². The number of benzene rings is 2. The number of hydrogen-bond donors (Lipinski definition) is 2. The van der Waals surface area contributed by atoms with E-state index in [0.29, 0.717) is 17.1 Å². The molecular weight excluding hydrogens is 358 g/mol. The summed E-state index contributed by atoms with van der Waals surface area (Å²) in [7, 11) is -3.66. The van der Waals surface area contributed by atoms with Gasteiger partial charge in [-0.3, -0.25) is 4.72 Å². The van der Waals surface area contributed by atoms with Crippen molar-refractivity contribution in [2.75, 3.05) is 10.0 Å². The summed E-state index contributed by atoms with van der Waals surface area (Å²) in [5.74, 6) is 0.648. The highest BCUT2D eigenvalue weighted by Crippen LogP contribution is 2.22. The first kappa shape index (κ1) is 18.9. The highest BCUT2D eigenvalue weighted by atomic mass is 32.2. The lowest BCUT2D eigenvalue weighted by Crippen LogP contribution is -2.14. The molecular formula is C21H23N3O2S. The van der Waals surface area contributed by atoms with Crippen LogP contribution in [0.25, 0.3) is 0 Å². The average Bonchev–Trinajstić information content (AvgIpc) is 2.57. The van der Waals surface area contributed by atoms with E-state index < -0.39 is 10.0 Å². The van der Waals surface area contributed by atoms with Crippen molar-refractivity contribution in [2.24, 2.45) is 0 Å². The lowest BCUT2D eigenvalue weighted by Gasteiger charge is -2.12. The first-order valence-corrected chi connectivity index (χ1v) is 10.1. The fourth-order valence-corrected chi connectivity index (χ4v) is 4.30. The van der Waals surface area contributed by atoms with Crippen LogP contribution in [0.2, 0.25) is 0 Å². The van der Waals surface area contributed by atoms with Crippen LogP contribution in [0, 0.1) is 27.7 Å². The van der Waals surface area contributed by atoms with Crippen LogP contribution in [0.1, 0.15) is 22.3 Å². The van der Waals surface area contributed by atoms with Crippen molar-refractivity contribution >= 4 is 27.2 Å². The second kappa shape index (κ2) is 7.40. The van der Waals surface area contributed by atoms with Gasteiger partial charge in [0.2, 0.25) is 0 Å².